The molecule has 2 aromatic rings. The SMILES string of the molecule is CCc1nc(N)cc(N2CCN(c3cc(N4CCOCC4)ncn3)CC2)n1. The van der Waals surface area contributed by atoms with Gasteiger partial charge in [-0.1, -0.05) is 6.92 Å². The molecule has 9 nitrogen and oxygen atoms in total. The van der Waals surface area contributed by atoms with Gasteiger partial charge in [-0.15, -0.1) is 0 Å². The zero-order valence-corrected chi connectivity index (χ0v) is 15.7. The molecule has 4 rings (SSSR count). The molecule has 0 aliphatic carbocycles. The molecule has 2 fully saturated rings. The highest BCUT2D eigenvalue weighted by Gasteiger charge is 2.21. The summed E-state index contributed by atoms with van der Waals surface area (Å²) in [5.74, 6) is 4.18. The van der Waals surface area contributed by atoms with E-state index >= 15 is 0 Å². The van der Waals surface area contributed by atoms with Gasteiger partial charge in [-0.3, -0.25) is 0 Å². The lowest BCUT2D eigenvalue weighted by atomic mass is 10.3. The molecule has 2 saturated heterocycles. The van der Waals surface area contributed by atoms with E-state index in [-0.39, 0.29) is 0 Å². The van der Waals surface area contributed by atoms with E-state index in [2.05, 4.69) is 40.7 Å². The highest BCUT2D eigenvalue weighted by molar-refractivity contribution is 5.53. The van der Waals surface area contributed by atoms with Crippen LogP contribution in [-0.4, -0.2) is 72.4 Å². The maximum Gasteiger partial charge on any atom is 0.134 e. The topological polar surface area (TPSA) is 96.5 Å². The van der Waals surface area contributed by atoms with Crippen molar-refractivity contribution in [1.29, 1.82) is 0 Å². The molecule has 27 heavy (non-hydrogen) atoms. The Morgan fingerprint density at radius 2 is 1.44 bits per heavy atom. The Balaban J connectivity index is 1.43. The van der Waals surface area contributed by atoms with Gasteiger partial charge in [0.25, 0.3) is 0 Å². The number of piperazine rings is 1. The lowest BCUT2D eigenvalue weighted by molar-refractivity contribution is 0.122. The summed E-state index contributed by atoms with van der Waals surface area (Å²) >= 11 is 0. The van der Waals surface area contributed by atoms with Gasteiger partial charge in [-0.05, 0) is 0 Å². The smallest absolute Gasteiger partial charge is 0.134 e. The number of rotatable bonds is 4. The summed E-state index contributed by atoms with van der Waals surface area (Å²) in [6, 6.07) is 3.94. The van der Waals surface area contributed by atoms with Crippen LogP contribution in [0.2, 0.25) is 0 Å². The highest BCUT2D eigenvalue weighted by Crippen LogP contribution is 2.22. The van der Waals surface area contributed by atoms with Crippen LogP contribution in [0.15, 0.2) is 18.5 Å². The van der Waals surface area contributed by atoms with Crippen LogP contribution >= 0.6 is 0 Å². The summed E-state index contributed by atoms with van der Waals surface area (Å²) in [5.41, 5.74) is 5.93. The highest BCUT2D eigenvalue weighted by atomic mass is 16.5. The van der Waals surface area contributed by atoms with Gasteiger partial charge in [0.1, 0.15) is 35.4 Å². The molecule has 0 bridgehead atoms. The Morgan fingerprint density at radius 3 is 2.07 bits per heavy atom. The monoisotopic (exact) mass is 370 g/mol. The zero-order chi connectivity index (χ0) is 18.6. The first-order valence-corrected chi connectivity index (χ1v) is 9.51. The fourth-order valence-corrected chi connectivity index (χ4v) is 3.46. The minimum atomic E-state index is 0.533. The van der Waals surface area contributed by atoms with Crippen molar-refractivity contribution in [2.24, 2.45) is 0 Å². The van der Waals surface area contributed by atoms with Gasteiger partial charge in [0.2, 0.25) is 0 Å². The molecular formula is C18H26N8O. The number of hydrogen-bond acceptors (Lipinski definition) is 9. The summed E-state index contributed by atoms with van der Waals surface area (Å²) < 4.78 is 5.43. The Labute approximate surface area is 159 Å². The first kappa shape index (κ1) is 17.7. The van der Waals surface area contributed by atoms with Crippen LogP contribution in [0.1, 0.15) is 12.7 Å². The molecule has 9 heteroatoms. The van der Waals surface area contributed by atoms with Crippen molar-refractivity contribution in [2.75, 3.05) is 72.9 Å². The summed E-state index contributed by atoms with van der Waals surface area (Å²) in [7, 11) is 0. The van der Waals surface area contributed by atoms with Crippen molar-refractivity contribution in [3.63, 3.8) is 0 Å². The predicted octanol–water partition coefficient (Wildman–Crippen LogP) is 0.574. The predicted molar refractivity (Wildman–Crippen MR) is 105 cm³/mol. The third kappa shape index (κ3) is 4.02. The van der Waals surface area contributed by atoms with Crippen LogP contribution in [0, 0.1) is 0 Å². The largest absolute Gasteiger partial charge is 0.384 e. The maximum atomic E-state index is 5.93. The second-order valence-electron chi connectivity index (χ2n) is 6.73. The Bertz CT molecular complexity index is 772. The Morgan fingerprint density at radius 1 is 0.852 bits per heavy atom. The molecule has 2 N–H and O–H groups in total. The molecule has 0 amide bonds. The number of nitrogen functional groups attached to an aromatic ring is 1. The normalized spacial score (nSPS) is 18.0. The molecule has 0 radical (unpaired) electrons. The van der Waals surface area contributed by atoms with Gasteiger partial charge in [-0.2, -0.15) is 0 Å². The van der Waals surface area contributed by atoms with Crippen LogP contribution in [0.5, 0.6) is 0 Å². The van der Waals surface area contributed by atoms with Crippen LogP contribution < -0.4 is 20.4 Å². The van der Waals surface area contributed by atoms with E-state index in [1.165, 1.54) is 0 Å². The van der Waals surface area contributed by atoms with Crippen molar-refractivity contribution in [2.45, 2.75) is 13.3 Å². The van der Waals surface area contributed by atoms with E-state index in [1.807, 2.05) is 13.0 Å². The molecule has 0 unspecified atom stereocenters. The number of nitrogens with two attached hydrogens (primary N) is 1. The molecular weight excluding hydrogens is 344 g/mol. The van der Waals surface area contributed by atoms with Crippen molar-refractivity contribution in [1.82, 2.24) is 19.9 Å². The first-order valence-electron chi connectivity index (χ1n) is 9.51. The quantitative estimate of drug-likeness (QED) is 0.828. The lowest BCUT2D eigenvalue weighted by Gasteiger charge is -2.36. The third-order valence-corrected chi connectivity index (χ3v) is 5.00. The molecule has 0 aromatic carbocycles. The van der Waals surface area contributed by atoms with Gasteiger partial charge >= 0.3 is 0 Å². The van der Waals surface area contributed by atoms with E-state index in [1.54, 1.807) is 6.33 Å². The van der Waals surface area contributed by atoms with Gasteiger partial charge < -0.3 is 25.2 Å². The van der Waals surface area contributed by atoms with Crippen molar-refractivity contribution in [3.8, 4) is 0 Å². The second-order valence-corrected chi connectivity index (χ2v) is 6.73. The molecule has 2 aliphatic heterocycles. The number of aromatic nitrogens is 4. The summed E-state index contributed by atoms with van der Waals surface area (Å²) in [6.07, 6.45) is 2.44. The summed E-state index contributed by atoms with van der Waals surface area (Å²) in [5, 5.41) is 0. The number of anilines is 4. The molecule has 2 aromatic heterocycles. The minimum absolute atomic E-state index is 0.533. The van der Waals surface area contributed by atoms with E-state index in [9.17, 15) is 0 Å². The second kappa shape index (κ2) is 7.91. The van der Waals surface area contributed by atoms with E-state index < -0.39 is 0 Å². The van der Waals surface area contributed by atoms with Crippen LogP contribution in [0.3, 0.4) is 0 Å². The van der Waals surface area contributed by atoms with Crippen LogP contribution in [0.4, 0.5) is 23.3 Å². The van der Waals surface area contributed by atoms with Crippen LogP contribution in [-0.2, 0) is 11.2 Å². The van der Waals surface area contributed by atoms with Gasteiger partial charge in [0.15, 0.2) is 0 Å². The minimum Gasteiger partial charge on any atom is -0.384 e. The van der Waals surface area contributed by atoms with Gasteiger partial charge in [-0.25, -0.2) is 19.9 Å². The number of morpholine rings is 1. The number of hydrogen-bond donors (Lipinski definition) is 1. The molecule has 4 heterocycles. The average Bonchev–Trinajstić information content (AvgIpc) is 2.74. The van der Waals surface area contributed by atoms with Crippen molar-refractivity contribution in [3.05, 3.63) is 24.3 Å². The molecule has 2 aliphatic rings. The Kier molecular flexibility index (Phi) is 5.19. The molecule has 0 saturated carbocycles. The Hall–Kier alpha value is -2.68. The number of ether oxygens (including phenoxy) is 1. The fourth-order valence-electron chi connectivity index (χ4n) is 3.46. The maximum absolute atomic E-state index is 5.93. The standard InChI is InChI=1S/C18H26N8O/c1-2-15-22-14(19)11-18(23-15)25-5-3-24(4-6-25)16-12-17(21-13-20-16)26-7-9-27-10-8-26/h11-13H,2-10H2,1H3,(H2,19,22,23). The van der Waals surface area contributed by atoms with Crippen LogP contribution in [0.25, 0.3) is 0 Å². The van der Waals surface area contributed by atoms with Crippen molar-refractivity contribution >= 4 is 23.3 Å². The fraction of sp³-hybridized carbons (Fsp3) is 0.556. The van der Waals surface area contributed by atoms with E-state index in [0.717, 1.165) is 82.2 Å². The first-order chi connectivity index (χ1) is 13.2. The lowest BCUT2D eigenvalue weighted by Crippen LogP contribution is -2.47. The summed E-state index contributed by atoms with van der Waals surface area (Å²) in [4.78, 5) is 24.6. The van der Waals surface area contributed by atoms with E-state index in [4.69, 9.17) is 10.5 Å². The zero-order valence-electron chi connectivity index (χ0n) is 15.7. The van der Waals surface area contributed by atoms with Crippen molar-refractivity contribution < 1.29 is 4.74 Å². The number of aryl methyl sites for hydroxylation is 1. The average molecular weight is 370 g/mol. The molecule has 144 valence electrons. The van der Waals surface area contributed by atoms with Gasteiger partial charge in [0.05, 0.1) is 13.2 Å². The summed E-state index contributed by atoms with van der Waals surface area (Å²) in [6.45, 7) is 8.79. The van der Waals surface area contributed by atoms with Gasteiger partial charge in [0, 0.05) is 57.8 Å². The van der Waals surface area contributed by atoms with E-state index in [0.29, 0.717) is 5.82 Å². The third-order valence-electron chi connectivity index (χ3n) is 5.00. The number of nitrogens with zero attached hydrogens (tertiary/aromatic N) is 7. The molecule has 0 atom stereocenters. The molecule has 0 spiro atoms.